The zero-order chi connectivity index (χ0) is 28.4. The second-order valence-electron chi connectivity index (χ2n) is 9.01. The van der Waals surface area contributed by atoms with Gasteiger partial charge in [0.2, 0.25) is 0 Å². The summed E-state index contributed by atoms with van der Waals surface area (Å²) in [5.74, 6) is -1.00. The lowest BCUT2D eigenvalue weighted by Gasteiger charge is -2.25. The quantitative estimate of drug-likeness (QED) is 0.221. The fourth-order valence-electron chi connectivity index (χ4n) is 4.35. The molecule has 1 fully saturated rings. The van der Waals surface area contributed by atoms with E-state index >= 15 is 0 Å². The number of amides is 2. The number of rotatable bonds is 6. The van der Waals surface area contributed by atoms with Gasteiger partial charge in [0.05, 0.1) is 31.0 Å². The summed E-state index contributed by atoms with van der Waals surface area (Å²) >= 11 is 0. The molecule has 14 heteroatoms. The lowest BCUT2D eigenvalue weighted by atomic mass is 10.1. The van der Waals surface area contributed by atoms with Crippen LogP contribution in [-0.4, -0.2) is 64.2 Å². The van der Waals surface area contributed by atoms with Crippen molar-refractivity contribution in [2.24, 2.45) is 0 Å². The first-order valence-corrected chi connectivity index (χ1v) is 12.1. The maximum Gasteiger partial charge on any atom is 0.416 e. The normalized spacial score (nSPS) is 14.0. The molecule has 0 radical (unpaired) electrons. The maximum atomic E-state index is 14.0. The van der Waals surface area contributed by atoms with E-state index in [9.17, 15) is 27.2 Å². The highest BCUT2D eigenvalue weighted by molar-refractivity contribution is 6.02. The van der Waals surface area contributed by atoms with Crippen molar-refractivity contribution in [3.63, 3.8) is 0 Å². The van der Waals surface area contributed by atoms with Crippen molar-refractivity contribution in [3.05, 3.63) is 71.9 Å². The minimum Gasteiger partial charge on any atom is -0.382 e. The maximum absolute atomic E-state index is 14.0. The first kappa shape index (κ1) is 29.4. The Labute approximate surface area is 232 Å². The summed E-state index contributed by atoms with van der Waals surface area (Å²) in [4.78, 5) is 31.6. The van der Waals surface area contributed by atoms with Crippen LogP contribution in [0, 0.1) is 5.82 Å². The second-order valence-corrected chi connectivity index (χ2v) is 9.01. The Balaban J connectivity index is 0.00000387. The van der Waals surface area contributed by atoms with Gasteiger partial charge in [-0.15, -0.1) is 0 Å². The molecule has 216 valence electrons. The molecule has 0 aliphatic carbocycles. The van der Waals surface area contributed by atoms with Crippen LogP contribution in [0.1, 0.15) is 23.5 Å². The molecule has 0 atom stereocenters. The Morgan fingerprint density at radius 2 is 1.73 bits per heavy atom. The topological polar surface area (TPSA) is 127 Å². The van der Waals surface area contributed by atoms with Crippen LogP contribution in [0.25, 0.3) is 16.6 Å². The lowest BCUT2D eigenvalue weighted by Crippen LogP contribution is -2.39. The van der Waals surface area contributed by atoms with Crippen molar-refractivity contribution in [1.82, 2.24) is 19.5 Å². The zero-order valence-corrected chi connectivity index (χ0v) is 20.8. The van der Waals surface area contributed by atoms with E-state index in [2.05, 4.69) is 20.7 Å². The Morgan fingerprint density at radius 1 is 1.02 bits per heavy atom. The minimum absolute atomic E-state index is 0. The van der Waals surface area contributed by atoms with Gasteiger partial charge in [0, 0.05) is 24.3 Å². The van der Waals surface area contributed by atoms with Crippen molar-refractivity contribution < 1.29 is 31.9 Å². The molecule has 1 aliphatic heterocycles. The number of nitrogens with zero attached hydrogens (tertiary/aromatic N) is 4. The van der Waals surface area contributed by atoms with Crippen LogP contribution in [0.15, 0.2) is 54.9 Å². The number of nitrogen functional groups attached to an aromatic ring is 1. The molecule has 2 aromatic heterocycles. The minimum atomic E-state index is -4.69. The summed E-state index contributed by atoms with van der Waals surface area (Å²) in [6.07, 6.45) is -3.43. The number of ketones is 1. The number of urea groups is 1. The van der Waals surface area contributed by atoms with Crippen LogP contribution in [0.3, 0.4) is 0 Å². The number of nitrogens with one attached hydrogen (secondary N) is 2. The predicted octanol–water partition coefficient (Wildman–Crippen LogP) is 4.93. The summed E-state index contributed by atoms with van der Waals surface area (Å²) in [6, 6.07) is 8.85. The number of carbonyl (C=O) groups is 2. The fraction of sp³-hybridized carbons (Fsp3) is 0.259. The van der Waals surface area contributed by atoms with E-state index in [1.165, 1.54) is 23.0 Å². The SMILES string of the molecule is C.Nc1ncnn2c(C(=O)CN3CCOCC3)cc(-c3ccc(NC(=O)Nc4cc(C(F)(F)F)ccc4F)cc3)c12. The molecule has 0 unspecified atom stereocenters. The van der Waals surface area contributed by atoms with Gasteiger partial charge in [0.15, 0.2) is 11.6 Å². The number of carbonyl (C=O) groups excluding carboxylic acids is 2. The van der Waals surface area contributed by atoms with Crippen LogP contribution in [0.4, 0.5) is 39.5 Å². The number of anilines is 3. The summed E-state index contributed by atoms with van der Waals surface area (Å²) in [7, 11) is 0. The van der Waals surface area contributed by atoms with Crippen molar-refractivity contribution >= 4 is 34.5 Å². The molecule has 2 aromatic carbocycles. The molecule has 10 nitrogen and oxygen atoms in total. The van der Waals surface area contributed by atoms with E-state index in [0.717, 1.165) is 0 Å². The molecule has 3 heterocycles. The summed E-state index contributed by atoms with van der Waals surface area (Å²) < 4.78 is 59.6. The Kier molecular flexibility index (Phi) is 8.54. The molecule has 41 heavy (non-hydrogen) atoms. The van der Waals surface area contributed by atoms with Crippen LogP contribution >= 0.6 is 0 Å². The first-order valence-electron chi connectivity index (χ1n) is 12.1. The highest BCUT2D eigenvalue weighted by Crippen LogP contribution is 2.33. The Bertz CT molecular complexity index is 1570. The van der Waals surface area contributed by atoms with Gasteiger partial charge in [-0.3, -0.25) is 9.69 Å². The second kappa shape index (κ2) is 11.9. The molecule has 4 N–H and O–H groups in total. The van der Waals surface area contributed by atoms with Gasteiger partial charge in [-0.1, -0.05) is 19.6 Å². The van der Waals surface area contributed by atoms with Crippen LogP contribution in [0.2, 0.25) is 0 Å². The van der Waals surface area contributed by atoms with Gasteiger partial charge in [-0.2, -0.15) is 18.3 Å². The van der Waals surface area contributed by atoms with Gasteiger partial charge < -0.3 is 21.1 Å². The number of benzene rings is 2. The van der Waals surface area contributed by atoms with Gasteiger partial charge in [-0.25, -0.2) is 18.7 Å². The van der Waals surface area contributed by atoms with Gasteiger partial charge >= 0.3 is 12.2 Å². The lowest BCUT2D eigenvalue weighted by molar-refractivity contribution is -0.137. The predicted molar refractivity (Wildman–Crippen MR) is 145 cm³/mol. The number of Topliss-reactive ketones (excluding diaryl/α,β-unsaturated/α-hetero) is 1. The first-order chi connectivity index (χ1) is 19.1. The van der Waals surface area contributed by atoms with E-state index < -0.39 is 29.3 Å². The average molecular weight is 574 g/mol. The average Bonchev–Trinajstić information content (AvgIpc) is 3.31. The summed E-state index contributed by atoms with van der Waals surface area (Å²) in [5, 5.41) is 8.76. The number of morpholine rings is 1. The van der Waals surface area contributed by atoms with E-state index in [0.29, 0.717) is 66.8 Å². The number of nitrogens with two attached hydrogens (primary N) is 1. The highest BCUT2D eigenvalue weighted by Gasteiger charge is 2.31. The fourth-order valence-corrected chi connectivity index (χ4v) is 4.35. The van der Waals surface area contributed by atoms with Gasteiger partial charge in [0.25, 0.3) is 0 Å². The van der Waals surface area contributed by atoms with Gasteiger partial charge in [-0.05, 0) is 42.0 Å². The standard InChI is InChI=1S/C26H23F4N7O3.CH4/c27-19-6-3-16(26(28,29)30)11-20(19)35-25(39)34-17-4-1-15(2-5-17)18-12-21(37-23(18)24(31)32-14-33-37)22(38)13-36-7-9-40-10-8-36;/h1-6,11-12,14H,7-10,13H2,(H2,31,32,33)(H2,34,35,39);1H4. The third-order valence-corrected chi connectivity index (χ3v) is 6.33. The van der Waals surface area contributed by atoms with Crippen molar-refractivity contribution in [2.45, 2.75) is 13.6 Å². The van der Waals surface area contributed by atoms with Crippen molar-refractivity contribution in [2.75, 3.05) is 49.2 Å². The number of fused-ring (bicyclic) bond motifs is 1. The number of alkyl halides is 3. The largest absolute Gasteiger partial charge is 0.416 e. The van der Waals surface area contributed by atoms with Gasteiger partial charge in [0.1, 0.15) is 23.4 Å². The smallest absolute Gasteiger partial charge is 0.382 e. The molecular weight excluding hydrogens is 546 g/mol. The van der Waals surface area contributed by atoms with E-state index in [4.69, 9.17) is 10.5 Å². The number of aromatic nitrogens is 3. The molecule has 0 saturated carbocycles. The third-order valence-electron chi connectivity index (χ3n) is 6.33. The molecule has 0 bridgehead atoms. The van der Waals surface area contributed by atoms with Crippen LogP contribution < -0.4 is 16.4 Å². The van der Waals surface area contributed by atoms with E-state index in [1.54, 1.807) is 18.2 Å². The molecule has 1 aliphatic rings. The third kappa shape index (κ3) is 6.44. The molecule has 5 rings (SSSR count). The van der Waals surface area contributed by atoms with Crippen LogP contribution in [0.5, 0.6) is 0 Å². The molecule has 4 aromatic rings. The number of hydrogen-bond acceptors (Lipinski definition) is 7. The molecule has 1 saturated heterocycles. The zero-order valence-electron chi connectivity index (χ0n) is 20.8. The van der Waals surface area contributed by atoms with Crippen molar-refractivity contribution in [3.8, 4) is 11.1 Å². The van der Waals surface area contributed by atoms with Crippen molar-refractivity contribution in [1.29, 1.82) is 0 Å². The summed E-state index contributed by atoms with van der Waals surface area (Å²) in [6.45, 7) is 2.57. The highest BCUT2D eigenvalue weighted by atomic mass is 19.4. The Hall–Kier alpha value is -4.56. The Morgan fingerprint density at radius 3 is 2.41 bits per heavy atom. The van der Waals surface area contributed by atoms with Crippen LogP contribution in [-0.2, 0) is 10.9 Å². The molecule has 2 amide bonds. The van der Waals surface area contributed by atoms with E-state index in [1.807, 2.05) is 4.90 Å². The molecule has 0 spiro atoms. The number of hydrogen-bond donors (Lipinski definition) is 3. The number of halogens is 4. The molecular formula is C27H27F4N7O3. The summed E-state index contributed by atoms with van der Waals surface area (Å²) in [5.41, 5.74) is 6.69. The number of ether oxygens (including phenoxy) is 1. The monoisotopic (exact) mass is 573 g/mol. The van der Waals surface area contributed by atoms with E-state index in [-0.39, 0.29) is 31.3 Å².